The van der Waals surface area contributed by atoms with Crippen molar-refractivity contribution in [1.82, 2.24) is 19.6 Å². The van der Waals surface area contributed by atoms with Crippen LogP contribution < -0.4 is 18.9 Å². The molecule has 2 aliphatic heterocycles. The van der Waals surface area contributed by atoms with Crippen LogP contribution in [0, 0.1) is 0 Å². The molecule has 0 aromatic heterocycles. The van der Waals surface area contributed by atoms with Crippen LogP contribution in [0.25, 0.3) is 43.1 Å². The maximum absolute atomic E-state index is 16.4. The van der Waals surface area contributed by atoms with Crippen LogP contribution in [0.2, 0.25) is 0 Å². The van der Waals surface area contributed by atoms with E-state index in [1.165, 1.54) is 0 Å². The van der Waals surface area contributed by atoms with Gasteiger partial charge in [0.15, 0.2) is 0 Å². The number of carbonyl (C=O) groups is 8. The van der Waals surface area contributed by atoms with Gasteiger partial charge in [-0.1, -0.05) is 86.0 Å². The minimum Gasteiger partial charge on any atom is -0.462 e. The number of ether oxygens (including phenoxy) is 10. The van der Waals surface area contributed by atoms with E-state index in [2.05, 4.69) is 13.2 Å². The van der Waals surface area contributed by atoms with E-state index in [1.807, 2.05) is 38.1 Å². The molecule has 0 saturated carbocycles. The van der Waals surface area contributed by atoms with Crippen molar-refractivity contribution in [3.8, 4) is 46.0 Å². The van der Waals surface area contributed by atoms with Gasteiger partial charge in [-0.15, -0.1) is 0 Å². The summed E-state index contributed by atoms with van der Waals surface area (Å²) in [6, 6.07) is 38.7. The highest BCUT2D eigenvalue weighted by molar-refractivity contribution is 6.45. The molecule has 0 saturated heterocycles. The van der Waals surface area contributed by atoms with Gasteiger partial charge in [0.2, 0.25) is 11.8 Å². The Balaban J connectivity index is 1.20. The fourth-order valence-electron chi connectivity index (χ4n) is 13.4. The van der Waals surface area contributed by atoms with Crippen molar-refractivity contribution in [2.24, 2.45) is 0 Å². The van der Waals surface area contributed by atoms with E-state index in [1.54, 1.807) is 159 Å². The number of benzene rings is 9. The zero-order valence-electron chi connectivity index (χ0n) is 60.7. The molecule has 11 rings (SSSR count). The number of carbonyl (C=O) groups excluding carboxylic acids is 8. The molecule has 0 N–H and O–H groups in total. The lowest BCUT2D eigenvalue weighted by atomic mass is 9.80. The van der Waals surface area contributed by atoms with Crippen LogP contribution in [0.3, 0.4) is 0 Å². The van der Waals surface area contributed by atoms with Crippen molar-refractivity contribution in [3.05, 3.63) is 192 Å². The predicted octanol–water partition coefficient (Wildman–Crippen LogP) is 15.2. The fraction of sp³-hybridized carbons (Fsp3) is 0.333. The molecule has 9 aromatic carbocycles. The molecule has 0 spiro atoms. The van der Waals surface area contributed by atoms with Crippen LogP contribution in [-0.2, 0) is 47.6 Å². The molecule has 2 aliphatic rings. The van der Waals surface area contributed by atoms with E-state index in [0.717, 1.165) is 9.80 Å². The Kier molecular flexibility index (Phi) is 25.6. The molecule has 2 unspecified atom stereocenters. The van der Waals surface area contributed by atoms with E-state index in [4.69, 9.17) is 47.4 Å². The lowest BCUT2D eigenvalue weighted by molar-refractivity contribution is -0.140. The topological polar surface area (TPSA) is 242 Å². The molecule has 2 heterocycles. The molecule has 0 fully saturated rings. The van der Waals surface area contributed by atoms with E-state index in [9.17, 15) is 9.59 Å². The normalized spacial score (nSPS) is 13.2. The second-order valence-corrected chi connectivity index (χ2v) is 25.6. The summed E-state index contributed by atoms with van der Waals surface area (Å²) in [4.78, 5) is 127. The monoisotopic (exact) mass is 1440 g/mol. The third-order valence-corrected chi connectivity index (χ3v) is 18.4. The zero-order chi connectivity index (χ0) is 75.0. The van der Waals surface area contributed by atoms with E-state index < -0.39 is 59.5 Å². The molecular weight excluding hydrogens is 1350 g/mol. The third-order valence-electron chi connectivity index (χ3n) is 18.4. The smallest absolute Gasteiger partial charge is 0.333 e. The van der Waals surface area contributed by atoms with Crippen molar-refractivity contribution in [2.75, 3.05) is 92.2 Å². The number of esters is 2. The number of fused-ring (bicyclic) bond motifs is 2. The first-order valence-electron chi connectivity index (χ1n) is 36.1. The van der Waals surface area contributed by atoms with Crippen LogP contribution in [-0.4, -0.2) is 171 Å². The Morgan fingerprint density at radius 2 is 0.632 bits per heavy atom. The van der Waals surface area contributed by atoms with Crippen LogP contribution >= 0.6 is 0 Å². The highest BCUT2D eigenvalue weighted by Crippen LogP contribution is 2.58. The molecule has 552 valence electrons. The van der Waals surface area contributed by atoms with E-state index in [0.29, 0.717) is 61.9 Å². The maximum atomic E-state index is 16.4. The molecule has 0 aliphatic carbocycles. The Hall–Kier alpha value is -11.0. The molecule has 9 aromatic rings. The first-order valence-corrected chi connectivity index (χ1v) is 36.1. The minimum absolute atomic E-state index is 0.0259. The highest BCUT2D eigenvalue weighted by Gasteiger charge is 2.47. The van der Waals surface area contributed by atoms with Crippen molar-refractivity contribution in [1.29, 1.82) is 0 Å². The van der Waals surface area contributed by atoms with Crippen molar-refractivity contribution >= 4 is 90.5 Å². The SMILES string of the molecule is C=C(C)C(=O)OCCCCN(CCOCC)C(=O)C(CCOCC)N1C(=O)c2cc(Oc3ccccc3)c3c4c(Oc5ccccc5)cc5c6c(cc(Oc7ccccc7)c(c7c(Oc8ccccc8)cc(c2c37)C1=O)c64)C(=O)N(C(CCOCC)C(=O)N(CCCCOC(=O)C(=C)C)CCOCC)C5=O. The first-order chi connectivity index (χ1) is 51.5. The lowest BCUT2D eigenvalue weighted by Gasteiger charge is -2.37. The number of imide groups is 2. The summed E-state index contributed by atoms with van der Waals surface area (Å²) >= 11 is 0. The number of hydrogen-bond acceptors (Lipinski definition) is 18. The average molecular weight is 1440 g/mol. The third kappa shape index (κ3) is 16.7. The van der Waals surface area contributed by atoms with Gasteiger partial charge in [-0.05, 0) is 140 Å². The summed E-state index contributed by atoms with van der Waals surface area (Å²) in [7, 11) is 0. The molecule has 0 radical (unpaired) electrons. The number of para-hydroxylation sites is 4. The van der Waals surface area contributed by atoms with Gasteiger partial charge in [-0.2, -0.15) is 0 Å². The lowest BCUT2D eigenvalue weighted by Crippen LogP contribution is -2.55. The van der Waals surface area contributed by atoms with Crippen LogP contribution in [0.1, 0.15) is 121 Å². The zero-order valence-corrected chi connectivity index (χ0v) is 60.7. The van der Waals surface area contributed by atoms with Gasteiger partial charge in [0, 0.05) is 133 Å². The molecule has 2 atom stereocenters. The van der Waals surface area contributed by atoms with Crippen molar-refractivity contribution in [2.45, 2.75) is 92.2 Å². The van der Waals surface area contributed by atoms with Gasteiger partial charge in [0.1, 0.15) is 58.1 Å². The Morgan fingerprint density at radius 1 is 0.358 bits per heavy atom. The van der Waals surface area contributed by atoms with Crippen LogP contribution in [0.5, 0.6) is 46.0 Å². The van der Waals surface area contributed by atoms with Crippen molar-refractivity contribution in [3.63, 3.8) is 0 Å². The van der Waals surface area contributed by atoms with Crippen LogP contribution in [0.4, 0.5) is 0 Å². The second-order valence-electron chi connectivity index (χ2n) is 25.6. The summed E-state index contributed by atoms with van der Waals surface area (Å²) in [6.45, 7) is 19.8. The molecule has 22 nitrogen and oxygen atoms in total. The number of nitrogens with zero attached hydrogens (tertiary/aromatic N) is 4. The summed E-state index contributed by atoms with van der Waals surface area (Å²) in [5.74, 6) is -4.04. The van der Waals surface area contributed by atoms with Gasteiger partial charge < -0.3 is 57.2 Å². The van der Waals surface area contributed by atoms with Gasteiger partial charge >= 0.3 is 11.9 Å². The second kappa shape index (κ2) is 35.6. The average Bonchev–Trinajstić information content (AvgIpc) is 0.671. The number of rotatable bonds is 40. The Morgan fingerprint density at radius 3 is 0.896 bits per heavy atom. The molecule has 106 heavy (non-hydrogen) atoms. The van der Waals surface area contributed by atoms with Gasteiger partial charge in [0.05, 0.1) is 48.7 Å². The van der Waals surface area contributed by atoms with E-state index >= 15 is 28.8 Å². The van der Waals surface area contributed by atoms with E-state index in [-0.39, 0.29) is 191 Å². The molecule has 6 amide bonds. The van der Waals surface area contributed by atoms with Crippen molar-refractivity contribution < 1.29 is 85.7 Å². The summed E-state index contributed by atoms with van der Waals surface area (Å²) < 4.78 is 62.8. The minimum atomic E-state index is -1.46. The first kappa shape index (κ1) is 76.1. The standard InChI is InChI=1S/C84H88N4O18/c1-9-97-45-37-63(81(93)85(41-47-99-11-3)39-25-27-43-101-83(95)53(5)6)87-77(89)59-49-65(103-55-29-17-13-18-30-55)71-73-67(105-57-33-21-15-22-34-57)51-61-70-62(80(92)88(79(61)91)64(38-46-98-10-2)82(94)86(42-48-100-12-4)40-26-28-44-102-84(96)54(7)8)52-68(106-58-35-23-16-24-36-58)74(76(70)73)72-66(104-56-31-19-14-20-32-56)50-60(78(87)90)69(59)75(71)72/h13-24,29-36,49-52,63-64H,5,7,9-12,25-28,37-48H2,1-4,6,8H3. The summed E-state index contributed by atoms with van der Waals surface area (Å²) in [5.41, 5.74) is 0.370. The maximum Gasteiger partial charge on any atom is 0.333 e. The van der Waals surface area contributed by atoms with Crippen LogP contribution in [0.15, 0.2) is 170 Å². The largest absolute Gasteiger partial charge is 0.462 e. The summed E-state index contributed by atoms with van der Waals surface area (Å²) in [6.07, 6.45) is 1.29. The molecule has 22 heteroatoms. The fourth-order valence-corrected chi connectivity index (χ4v) is 13.4. The quantitative estimate of drug-likeness (QED) is 0.00865. The number of unbranched alkanes of at least 4 members (excludes halogenated alkanes) is 2. The Labute approximate surface area is 615 Å². The molecular formula is C84H88N4O18. The number of amides is 6. The Bertz CT molecular complexity index is 4210. The summed E-state index contributed by atoms with van der Waals surface area (Å²) in [5, 5.41) is 1.82. The molecule has 0 bridgehead atoms. The number of hydrogen-bond donors (Lipinski definition) is 0. The highest BCUT2D eigenvalue weighted by atomic mass is 16.5. The predicted molar refractivity (Wildman–Crippen MR) is 401 cm³/mol. The van der Waals surface area contributed by atoms with Gasteiger partial charge in [-0.25, -0.2) is 9.59 Å². The van der Waals surface area contributed by atoms with Gasteiger partial charge in [-0.3, -0.25) is 38.6 Å². The van der Waals surface area contributed by atoms with Gasteiger partial charge in [0.25, 0.3) is 23.6 Å².